The Bertz CT molecular complexity index is 992. The van der Waals surface area contributed by atoms with Crippen molar-refractivity contribution >= 4 is 21.6 Å². The van der Waals surface area contributed by atoms with Gasteiger partial charge in [-0.25, -0.2) is 8.42 Å². The van der Waals surface area contributed by atoms with Gasteiger partial charge in [-0.2, -0.15) is 0 Å². The van der Waals surface area contributed by atoms with Crippen molar-refractivity contribution in [3.8, 4) is 17.2 Å². The Hall–Kier alpha value is -2.94. The third-order valence-corrected chi connectivity index (χ3v) is 5.90. The number of fused-ring (bicyclic) bond motifs is 1. The highest BCUT2D eigenvalue weighted by atomic mass is 32.2. The molecule has 2 aromatic rings. The van der Waals surface area contributed by atoms with Crippen molar-refractivity contribution in [2.75, 3.05) is 36.9 Å². The Balaban J connectivity index is 1.52. The van der Waals surface area contributed by atoms with E-state index < -0.39 is 10.0 Å². The van der Waals surface area contributed by atoms with Crippen LogP contribution in [0.5, 0.6) is 17.2 Å². The fraction of sp³-hybridized carbons (Fsp3) is 0.409. The van der Waals surface area contributed by atoms with Gasteiger partial charge in [0.05, 0.1) is 18.6 Å². The Labute approximate surface area is 183 Å². The molecule has 1 aliphatic rings. The van der Waals surface area contributed by atoms with Crippen molar-refractivity contribution in [1.82, 2.24) is 5.32 Å². The van der Waals surface area contributed by atoms with Crippen LogP contribution in [0.2, 0.25) is 0 Å². The summed E-state index contributed by atoms with van der Waals surface area (Å²) in [6.45, 7) is 4.01. The minimum atomic E-state index is -3.51. The van der Waals surface area contributed by atoms with Crippen molar-refractivity contribution in [3.05, 3.63) is 48.0 Å². The maximum atomic E-state index is 12.3. The second-order valence-electron chi connectivity index (χ2n) is 7.12. The van der Waals surface area contributed by atoms with E-state index in [-0.39, 0.29) is 18.9 Å². The lowest BCUT2D eigenvalue weighted by molar-refractivity contribution is -0.121. The summed E-state index contributed by atoms with van der Waals surface area (Å²) in [6, 6.07) is 12.6. The van der Waals surface area contributed by atoms with Crippen molar-refractivity contribution in [2.45, 2.75) is 26.3 Å². The first-order valence-electron chi connectivity index (χ1n) is 10.2. The van der Waals surface area contributed by atoms with E-state index in [4.69, 9.17) is 14.2 Å². The van der Waals surface area contributed by atoms with Crippen LogP contribution in [0.25, 0.3) is 0 Å². The average molecular weight is 449 g/mol. The first-order valence-corrected chi connectivity index (χ1v) is 12.1. The molecule has 31 heavy (non-hydrogen) atoms. The lowest BCUT2D eigenvalue weighted by atomic mass is 10.2. The summed E-state index contributed by atoms with van der Waals surface area (Å²) >= 11 is 0. The third kappa shape index (κ3) is 6.52. The number of rotatable bonds is 10. The van der Waals surface area contributed by atoms with Crippen LogP contribution in [0.4, 0.5) is 5.69 Å². The van der Waals surface area contributed by atoms with Crippen LogP contribution in [0.15, 0.2) is 42.5 Å². The van der Waals surface area contributed by atoms with Gasteiger partial charge in [0.15, 0.2) is 11.5 Å². The molecule has 0 aromatic heterocycles. The molecular weight excluding hydrogens is 420 g/mol. The van der Waals surface area contributed by atoms with Gasteiger partial charge in [0.1, 0.15) is 19.0 Å². The maximum absolute atomic E-state index is 12.3. The van der Waals surface area contributed by atoms with E-state index in [1.165, 1.54) is 4.31 Å². The summed E-state index contributed by atoms with van der Waals surface area (Å²) in [7, 11) is -3.51. The number of amides is 1. The zero-order chi connectivity index (χ0) is 22.3. The van der Waals surface area contributed by atoms with Gasteiger partial charge in [0, 0.05) is 25.6 Å². The predicted octanol–water partition coefficient (Wildman–Crippen LogP) is 2.72. The second kappa shape index (κ2) is 10.4. The molecule has 1 aliphatic heterocycles. The van der Waals surface area contributed by atoms with Gasteiger partial charge >= 0.3 is 0 Å². The molecule has 0 bridgehead atoms. The van der Waals surface area contributed by atoms with Crippen LogP contribution < -0.4 is 23.8 Å². The molecule has 0 unspecified atom stereocenters. The number of anilines is 1. The summed E-state index contributed by atoms with van der Waals surface area (Å²) in [5.41, 5.74) is 1.45. The molecule has 0 saturated carbocycles. The Morgan fingerprint density at radius 3 is 2.48 bits per heavy atom. The van der Waals surface area contributed by atoms with E-state index in [1.807, 2.05) is 31.2 Å². The van der Waals surface area contributed by atoms with E-state index in [0.29, 0.717) is 50.0 Å². The number of carbonyl (C=O) groups is 1. The highest BCUT2D eigenvalue weighted by Crippen LogP contribution is 2.34. The molecule has 8 nitrogen and oxygen atoms in total. The van der Waals surface area contributed by atoms with Gasteiger partial charge < -0.3 is 19.5 Å². The van der Waals surface area contributed by atoms with Gasteiger partial charge in [-0.1, -0.05) is 12.1 Å². The molecule has 3 rings (SSSR count). The molecule has 0 radical (unpaired) electrons. The Morgan fingerprint density at radius 2 is 1.81 bits per heavy atom. The third-order valence-electron chi connectivity index (χ3n) is 4.70. The molecule has 0 fully saturated rings. The smallest absolute Gasteiger partial charge is 0.232 e. The minimum Gasteiger partial charge on any atom is -0.494 e. The van der Waals surface area contributed by atoms with Gasteiger partial charge in [-0.05, 0) is 43.2 Å². The Kier molecular flexibility index (Phi) is 7.62. The topological polar surface area (TPSA) is 94.2 Å². The summed E-state index contributed by atoms with van der Waals surface area (Å²) in [6.07, 6.45) is 1.75. The highest BCUT2D eigenvalue weighted by molar-refractivity contribution is 7.92. The molecule has 2 aromatic carbocycles. The lowest BCUT2D eigenvalue weighted by Gasteiger charge is -2.25. The van der Waals surface area contributed by atoms with Crippen molar-refractivity contribution in [3.63, 3.8) is 0 Å². The molecule has 0 spiro atoms. The summed E-state index contributed by atoms with van der Waals surface area (Å²) in [5, 5.41) is 2.86. The number of hydrogen-bond donors (Lipinski definition) is 1. The van der Waals surface area contributed by atoms with E-state index in [1.54, 1.807) is 18.2 Å². The van der Waals surface area contributed by atoms with Crippen molar-refractivity contribution in [1.29, 1.82) is 0 Å². The van der Waals surface area contributed by atoms with Crippen molar-refractivity contribution in [2.24, 2.45) is 0 Å². The van der Waals surface area contributed by atoms with Gasteiger partial charge in [-0.3, -0.25) is 9.10 Å². The summed E-state index contributed by atoms with van der Waals surface area (Å²) < 4.78 is 42.3. The van der Waals surface area contributed by atoms with E-state index >= 15 is 0 Å². The van der Waals surface area contributed by atoms with Gasteiger partial charge in [0.2, 0.25) is 15.9 Å². The first-order chi connectivity index (χ1) is 14.9. The fourth-order valence-corrected chi connectivity index (χ4v) is 4.17. The quantitative estimate of drug-likeness (QED) is 0.601. The molecule has 0 saturated heterocycles. The SMILES string of the molecule is CCOc1ccc(CNC(=O)CCCN(c2ccc3c(c2)OCCO3)S(C)(=O)=O)cc1. The second-order valence-corrected chi connectivity index (χ2v) is 9.03. The summed E-state index contributed by atoms with van der Waals surface area (Å²) in [4.78, 5) is 12.2. The van der Waals surface area contributed by atoms with E-state index in [9.17, 15) is 13.2 Å². The molecule has 0 aliphatic carbocycles. The highest BCUT2D eigenvalue weighted by Gasteiger charge is 2.21. The number of nitrogens with one attached hydrogen (secondary N) is 1. The van der Waals surface area contributed by atoms with E-state index in [0.717, 1.165) is 17.6 Å². The fourth-order valence-electron chi connectivity index (χ4n) is 3.22. The van der Waals surface area contributed by atoms with Gasteiger partial charge in [0.25, 0.3) is 0 Å². The van der Waals surface area contributed by atoms with Crippen LogP contribution in [-0.4, -0.2) is 46.9 Å². The Morgan fingerprint density at radius 1 is 1.10 bits per heavy atom. The van der Waals surface area contributed by atoms with Gasteiger partial charge in [-0.15, -0.1) is 0 Å². The van der Waals surface area contributed by atoms with Crippen LogP contribution >= 0.6 is 0 Å². The normalized spacial score (nSPS) is 12.8. The zero-order valence-electron chi connectivity index (χ0n) is 17.8. The minimum absolute atomic E-state index is 0.135. The van der Waals surface area contributed by atoms with Crippen molar-refractivity contribution < 1.29 is 27.4 Å². The van der Waals surface area contributed by atoms with Crippen LogP contribution in [-0.2, 0) is 21.4 Å². The molecule has 1 N–H and O–H groups in total. The zero-order valence-corrected chi connectivity index (χ0v) is 18.6. The number of hydrogen-bond acceptors (Lipinski definition) is 6. The number of carbonyl (C=O) groups excluding carboxylic acids is 1. The molecule has 0 atom stereocenters. The molecule has 1 amide bonds. The lowest BCUT2D eigenvalue weighted by Crippen LogP contribution is -2.32. The standard InChI is InChI=1S/C22H28N2O6S/c1-3-28-19-9-6-17(7-10-19)16-23-22(25)5-4-12-24(31(2,26)27)18-8-11-20-21(15-18)30-14-13-29-20/h6-11,15H,3-5,12-14,16H2,1-2H3,(H,23,25). The van der Waals surface area contributed by atoms with Crippen LogP contribution in [0.1, 0.15) is 25.3 Å². The molecule has 168 valence electrons. The number of ether oxygens (including phenoxy) is 3. The van der Waals surface area contributed by atoms with Crippen LogP contribution in [0, 0.1) is 0 Å². The number of benzene rings is 2. The molecule has 1 heterocycles. The van der Waals surface area contributed by atoms with Crippen LogP contribution in [0.3, 0.4) is 0 Å². The predicted molar refractivity (Wildman–Crippen MR) is 118 cm³/mol. The maximum Gasteiger partial charge on any atom is 0.232 e. The molecule has 9 heteroatoms. The monoisotopic (exact) mass is 448 g/mol. The number of nitrogens with zero attached hydrogens (tertiary/aromatic N) is 1. The van der Waals surface area contributed by atoms with E-state index in [2.05, 4.69) is 5.32 Å². The summed E-state index contributed by atoms with van der Waals surface area (Å²) in [5.74, 6) is 1.77. The average Bonchev–Trinajstić information content (AvgIpc) is 2.75. The number of sulfonamides is 1. The molecular formula is C22H28N2O6S. The largest absolute Gasteiger partial charge is 0.494 e. The first kappa shape index (κ1) is 22.7.